The van der Waals surface area contributed by atoms with Gasteiger partial charge in [0.1, 0.15) is 0 Å². The van der Waals surface area contributed by atoms with E-state index in [9.17, 15) is 0 Å². The summed E-state index contributed by atoms with van der Waals surface area (Å²) in [6.07, 6.45) is 4.14. The number of hydrogen-bond donors (Lipinski definition) is 0. The first-order valence-corrected chi connectivity index (χ1v) is 6.64. The lowest BCUT2D eigenvalue weighted by Gasteiger charge is -2.52. The van der Waals surface area contributed by atoms with Crippen LogP contribution in [0.4, 0.5) is 0 Å². The van der Waals surface area contributed by atoms with Gasteiger partial charge < -0.3 is 14.5 Å². The minimum atomic E-state index is 0.539. The molecule has 1 aliphatic carbocycles. The van der Waals surface area contributed by atoms with Crippen molar-refractivity contribution in [1.82, 2.24) is 9.80 Å². The summed E-state index contributed by atoms with van der Waals surface area (Å²) in [5, 5.41) is 0. The smallest absolute Gasteiger partial charge is 0.0530 e. The molecule has 0 spiro atoms. The zero-order valence-electron chi connectivity index (χ0n) is 10.6. The van der Waals surface area contributed by atoms with Gasteiger partial charge in [-0.15, -0.1) is 0 Å². The Bertz CT molecular complexity index is 265. The molecule has 0 bridgehead atoms. The molecule has 2 atom stereocenters. The molecular formula is C13H24N2O. The van der Waals surface area contributed by atoms with E-state index >= 15 is 0 Å². The molecule has 2 saturated heterocycles. The van der Waals surface area contributed by atoms with E-state index in [-0.39, 0.29) is 0 Å². The first kappa shape index (κ1) is 11.0. The molecule has 92 valence electrons. The van der Waals surface area contributed by atoms with Crippen molar-refractivity contribution in [2.45, 2.75) is 25.3 Å². The molecule has 3 aliphatic rings. The second kappa shape index (κ2) is 3.97. The monoisotopic (exact) mass is 224 g/mol. The third-order valence-electron chi connectivity index (χ3n) is 4.83. The molecule has 3 fully saturated rings. The van der Waals surface area contributed by atoms with Crippen molar-refractivity contribution in [3.63, 3.8) is 0 Å². The van der Waals surface area contributed by atoms with Crippen molar-refractivity contribution >= 4 is 0 Å². The summed E-state index contributed by atoms with van der Waals surface area (Å²) in [7, 11) is 4.11. The summed E-state index contributed by atoms with van der Waals surface area (Å²) in [6, 6.07) is 0.897. The van der Waals surface area contributed by atoms with E-state index in [0.717, 1.165) is 18.6 Å². The number of hydrogen-bond acceptors (Lipinski definition) is 3. The third-order valence-corrected chi connectivity index (χ3v) is 4.83. The summed E-state index contributed by atoms with van der Waals surface area (Å²) in [6.45, 7) is 6.21. The average Bonchev–Trinajstić information content (AvgIpc) is 2.97. The van der Waals surface area contributed by atoms with Crippen LogP contribution in [0.3, 0.4) is 0 Å². The highest BCUT2D eigenvalue weighted by Crippen LogP contribution is 2.47. The number of piperidine rings is 1. The topological polar surface area (TPSA) is 15.7 Å². The molecule has 0 aromatic rings. The number of methoxy groups -OCH3 is 1. The van der Waals surface area contributed by atoms with Crippen molar-refractivity contribution in [2.24, 2.45) is 11.3 Å². The average molecular weight is 224 g/mol. The van der Waals surface area contributed by atoms with E-state index in [2.05, 4.69) is 16.8 Å². The number of nitrogens with zero attached hydrogens (tertiary/aromatic N) is 2. The maximum absolute atomic E-state index is 5.35. The first-order chi connectivity index (χ1) is 7.72. The number of likely N-dealkylation sites (tertiary alicyclic amines) is 2. The van der Waals surface area contributed by atoms with Crippen LogP contribution in [-0.4, -0.2) is 62.8 Å². The summed E-state index contributed by atoms with van der Waals surface area (Å²) in [5.41, 5.74) is 0.539. The van der Waals surface area contributed by atoms with Crippen LogP contribution >= 0.6 is 0 Å². The van der Waals surface area contributed by atoms with Gasteiger partial charge in [0, 0.05) is 38.2 Å². The zero-order chi connectivity index (χ0) is 11.2. The SMILES string of the molecule is COCC1(CN2CCC3C(C2)CN3C)CC1. The van der Waals surface area contributed by atoms with E-state index in [1.807, 2.05) is 7.11 Å². The van der Waals surface area contributed by atoms with Crippen LogP contribution in [0.15, 0.2) is 0 Å². The van der Waals surface area contributed by atoms with Gasteiger partial charge in [-0.1, -0.05) is 0 Å². The van der Waals surface area contributed by atoms with E-state index in [4.69, 9.17) is 4.74 Å². The summed E-state index contributed by atoms with van der Waals surface area (Å²) < 4.78 is 5.35. The lowest BCUT2D eigenvalue weighted by molar-refractivity contribution is -0.0339. The molecule has 2 aliphatic heterocycles. The Labute approximate surface area is 98.7 Å². The molecule has 0 amide bonds. The third kappa shape index (κ3) is 1.89. The van der Waals surface area contributed by atoms with Gasteiger partial charge in [0.2, 0.25) is 0 Å². The fourth-order valence-electron chi connectivity index (χ4n) is 3.67. The summed E-state index contributed by atoms with van der Waals surface area (Å²) in [5.74, 6) is 0.956. The van der Waals surface area contributed by atoms with Crippen molar-refractivity contribution in [3.8, 4) is 0 Å². The Morgan fingerprint density at radius 2 is 2.12 bits per heavy atom. The predicted octanol–water partition coefficient (Wildman–Crippen LogP) is 1.05. The lowest BCUT2D eigenvalue weighted by Crippen LogP contribution is -2.62. The molecule has 3 nitrogen and oxygen atoms in total. The molecule has 0 aromatic heterocycles. The number of rotatable bonds is 4. The Morgan fingerprint density at radius 3 is 2.69 bits per heavy atom. The first-order valence-electron chi connectivity index (χ1n) is 6.64. The normalized spacial score (nSPS) is 37.9. The minimum Gasteiger partial charge on any atom is -0.384 e. The maximum atomic E-state index is 5.35. The highest BCUT2D eigenvalue weighted by molar-refractivity contribution is 5.00. The Balaban J connectivity index is 1.50. The van der Waals surface area contributed by atoms with Gasteiger partial charge in [-0.3, -0.25) is 0 Å². The van der Waals surface area contributed by atoms with E-state index in [1.54, 1.807) is 0 Å². The summed E-state index contributed by atoms with van der Waals surface area (Å²) in [4.78, 5) is 5.21. The predicted molar refractivity (Wildman–Crippen MR) is 64.5 cm³/mol. The van der Waals surface area contributed by atoms with Crippen LogP contribution in [0.2, 0.25) is 0 Å². The maximum Gasteiger partial charge on any atom is 0.0530 e. The Kier molecular flexibility index (Phi) is 2.73. The van der Waals surface area contributed by atoms with E-state index in [1.165, 1.54) is 45.4 Å². The largest absolute Gasteiger partial charge is 0.384 e. The molecule has 16 heavy (non-hydrogen) atoms. The van der Waals surface area contributed by atoms with Gasteiger partial charge in [0.15, 0.2) is 0 Å². The van der Waals surface area contributed by atoms with Crippen LogP contribution in [0.25, 0.3) is 0 Å². The van der Waals surface area contributed by atoms with Crippen molar-refractivity contribution in [1.29, 1.82) is 0 Å². The second-order valence-corrected chi connectivity index (χ2v) is 6.22. The van der Waals surface area contributed by atoms with Gasteiger partial charge in [0.05, 0.1) is 6.61 Å². The van der Waals surface area contributed by atoms with Crippen molar-refractivity contribution < 1.29 is 4.74 Å². The van der Waals surface area contributed by atoms with Crippen LogP contribution in [0.5, 0.6) is 0 Å². The standard InChI is InChI=1S/C13H24N2O/c1-14-7-11-8-15(6-3-12(11)14)9-13(4-5-13)10-16-2/h11-12H,3-10H2,1-2H3. The van der Waals surface area contributed by atoms with Crippen molar-refractivity contribution in [2.75, 3.05) is 46.9 Å². The van der Waals surface area contributed by atoms with Crippen LogP contribution in [0, 0.1) is 11.3 Å². The fourth-order valence-corrected chi connectivity index (χ4v) is 3.67. The molecule has 2 unspecified atom stereocenters. The van der Waals surface area contributed by atoms with E-state index in [0.29, 0.717) is 5.41 Å². The van der Waals surface area contributed by atoms with Gasteiger partial charge in [-0.25, -0.2) is 0 Å². The second-order valence-electron chi connectivity index (χ2n) is 6.22. The van der Waals surface area contributed by atoms with Crippen LogP contribution in [-0.2, 0) is 4.74 Å². The highest BCUT2D eigenvalue weighted by Gasteiger charge is 2.46. The van der Waals surface area contributed by atoms with Crippen molar-refractivity contribution in [3.05, 3.63) is 0 Å². The molecule has 0 radical (unpaired) electrons. The number of ether oxygens (including phenoxy) is 1. The quantitative estimate of drug-likeness (QED) is 0.710. The molecule has 0 aromatic carbocycles. The lowest BCUT2D eigenvalue weighted by atomic mass is 9.83. The fraction of sp³-hybridized carbons (Fsp3) is 1.00. The molecule has 3 heteroatoms. The molecule has 1 saturated carbocycles. The van der Waals surface area contributed by atoms with Gasteiger partial charge >= 0.3 is 0 Å². The zero-order valence-corrected chi connectivity index (χ0v) is 10.6. The van der Waals surface area contributed by atoms with Gasteiger partial charge in [-0.05, 0) is 38.8 Å². The van der Waals surface area contributed by atoms with Gasteiger partial charge in [0.25, 0.3) is 0 Å². The van der Waals surface area contributed by atoms with Crippen LogP contribution in [0.1, 0.15) is 19.3 Å². The Morgan fingerprint density at radius 1 is 1.31 bits per heavy atom. The molecule has 0 N–H and O–H groups in total. The van der Waals surface area contributed by atoms with Gasteiger partial charge in [-0.2, -0.15) is 0 Å². The minimum absolute atomic E-state index is 0.539. The molecular weight excluding hydrogens is 200 g/mol. The summed E-state index contributed by atoms with van der Waals surface area (Å²) >= 11 is 0. The molecule has 3 rings (SSSR count). The van der Waals surface area contributed by atoms with E-state index < -0.39 is 0 Å². The van der Waals surface area contributed by atoms with Crippen LogP contribution < -0.4 is 0 Å². The molecule has 2 heterocycles. The Hall–Kier alpha value is -0.120. The highest BCUT2D eigenvalue weighted by atomic mass is 16.5. The number of fused-ring (bicyclic) bond motifs is 1.